The van der Waals surface area contributed by atoms with Crippen LogP contribution in [-0.2, 0) is 16.0 Å². The number of carbonyl (C=O) groups is 2. The van der Waals surface area contributed by atoms with Crippen molar-refractivity contribution in [2.45, 2.75) is 19.8 Å². The second-order valence-corrected chi connectivity index (χ2v) is 3.70. The van der Waals surface area contributed by atoms with Crippen molar-refractivity contribution in [2.24, 2.45) is 0 Å². The van der Waals surface area contributed by atoms with Crippen LogP contribution in [0.5, 0.6) is 0 Å². The van der Waals surface area contributed by atoms with Gasteiger partial charge in [-0.15, -0.1) is 0 Å². The second kappa shape index (κ2) is 7.44. The molecule has 92 valence electrons. The van der Waals surface area contributed by atoms with Gasteiger partial charge in [0.2, 0.25) is 0 Å². The van der Waals surface area contributed by atoms with E-state index in [2.05, 4.69) is 10.6 Å². The van der Waals surface area contributed by atoms with Crippen molar-refractivity contribution in [3.8, 4) is 0 Å². The maximum atomic E-state index is 11.2. The van der Waals surface area contributed by atoms with E-state index in [0.29, 0.717) is 13.1 Å². The molecule has 0 fully saturated rings. The molecule has 17 heavy (non-hydrogen) atoms. The largest absolute Gasteiger partial charge is 0.348 e. The molecule has 0 saturated carbocycles. The summed E-state index contributed by atoms with van der Waals surface area (Å²) in [5, 5.41) is 5.04. The third-order valence-electron chi connectivity index (χ3n) is 2.31. The van der Waals surface area contributed by atoms with Gasteiger partial charge in [0.05, 0.1) is 0 Å². The maximum Gasteiger partial charge on any atom is 0.309 e. The Bertz CT molecular complexity index is 363. The smallest absolute Gasteiger partial charge is 0.309 e. The molecule has 1 aromatic carbocycles. The topological polar surface area (TPSA) is 58.2 Å². The van der Waals surface area contributed by atoms with Crippen molar-refractivity contribution in [2.75, 3.05) is 13.1 Å². The number of hydrogen-bond donors (Lipinski definition) is 2. The highest BCUT2D eigenvalue weighted by Crippen LogP contribution is 2.01. The van der Waals surface area contributed by atoms with Gasteiger partial charge in [-0.2, -0.15) is 0 Å². The van der Waals surface area contributed by atoms with Crippen LogP contribution in [0.4, 0.5) is 0 Å². The third-order valence-corrected chi connectivity index (χ3v) is 2.31. The van der Waals surface area contributed by atoms with Crippen LogP contribution in [0.2, 0.25) is 0 Å². The van der Waals surface area contributed by atoms with Crippen molar-refractivity contribution in [1.82, 2.24) is 10.6 Å². The van der Waals surface area contributed by atoms with Gasteiger partial charge in [0.15, 0.2) is 0 Å². The van der Waals surface area contributed by atoms with E-state index in [1.807, 2.05) is 30.3 Å². The Morgan fingerprint density at radius 2 is 1.71 bits per heavy atom. The number of amides is 2. The Hall–Kier alpha value is -1.84. The zero-order chi connectivity index (χ0) is 12.5. The average molecular weight is 234 g/mol. The molecule has 4 heteroatoms. The molecule has 2 amide bonds. The highest BCUT2D eigenvalue weighted by atomic mass is 16.2. The Kier molecular flexibility index (Phi) is 5.79. The highest BCUT2D eigenvalue weighted by molar-refractivity contribution is 6.35. The van der Waals surface area contributed by atoms with E-state index in [1.54, 1.807) is 6.92 Å². The number of rotatable bonds is 5. The molecule has 0 heterocycles. The lowest BCUT2D eigenvalue weighted by atomic mass is 10.1. The van der Waals surface area contributed by atoms with E-state index in [9.17, 15) is 9.59 Å². The summed E-state index contributed by atoms with van der Waals surface area (Å²) in [7, 11) is 0. The first-order valence-corrected chi connectivity index (χ1v) is 5.84. The lowest BCUT2D eigenvalue weighted by molar-refractivity contribution is -0.139. The maximum absolute atomic E-state index is 11.2. The van der Waals surface area contributed by atoms with E-state index >= 15 is 0 Å². The van der Waals surface area contributed by atoms with Gasteiger partial charge in [-0.1, -0.05) is 30.3 Å². The van der Waals surface area contributed by atoms with Crippen molar-refractivity contribution in [1.29, 1.82) is 0 Å². The van der Waals surface area contributed by atoms with Gasteiger partial charge in [-0.05, 0) is 25.3 Å². The summed E-state index contributed by atoms with van der Waals surface area (Å²) in [6.45, 7) is 2.77. The quantitative estimate of drug-likeness (QED) is 0.586. The summed E-state index contributed by atoms with van der Waals surface area (Å²) < 4.78 is 0. The summed E-state index contributed by atoms with van der Waals surface area (Å²) in [6.07, 6.45) is 1.73. The van der Waals surface area contributed by atoms with Crippen molar-refractivity contribution < 1.29 is 9.59 Å². The molecule has 0 aromatic heterocycles. The minimum absolute atomic E-state index is 0.469. The van der Waals surface area contributed by atoms with Crippen molar-refractivity contribution in [3.05, 3.63) is 35.9 Å². The normalized spacial score (nSPS) is 9.71. The first-order valence-electron chi connectivity index (χ1n) is 5.84. The van der Waals surface area contributed by atoms with Gasteiger partial charge in [0, 0.05) is 13.1 Å². The van der Waals surface area contributed by atoms with E-state index < -0.39 is 11.8 Å². The molecule has 0 bridgehead atoms. The van der Waals surface area contributed by atoms with Crippen molar-refractivity contribution in [3.63, 3.8) is 0 Å². The minimum Gasteiger partial charge on any atom is -0.348 e. The molecular formula is C13H18N2O2. The zero-order valence-electron chi connectivity index (χ0n) is 10.0. The Morgan fingerprint density at radius 3 is 2.35 bits per heavy atom. The fourth-order valence-corrected chi connectivity index (χ4v) is 1.46. The molecule has 1 aromatic rings. The first-order chi connectivity index (χ1) is 8.24. The number of aryl methyl sites for hydroxylation is 1. The Labute approximate surface area is 101 Å². The number of hydrogen-bond acceptors (Lipinski definition) is 2. The average Bonchev–Trinajstić information content (AvgIpc) is 2.36. The minimum atomic E-state index is -0.563. The third kappa shape index (κ3) is 5.15. The fourth-order valence-electron chi connectivity index (χ4n) is 1.46. The van der Waals surface area contributed by atoms with Crippen LogP contribution in [-0.4, -0.2) is 24.9 Å². The number of carbonyl (C=O) groups excluding carboxylic acids is 2. The number of nitrogens with one attached hydrogen (secondary N) is 2. The predicted molar refractivity (Wildman–Crippen MR) is 66.5 cm³/mol. The van der Waals surface area contributed by atoms with Crippen LogP contribution in [0.25, 0.3) is 0 Å². The van der Waals surface area contributed by atoms with Crippen LogP contribution in [0, 0.1) is 0 Å². The number of benzene rings is 1. The van der Waals surface area contributed by atoms with E-state index in [1.165, 1.54) is 5.56 Å². The molecule has 2 N–H and O–H groups in total. The van der Waals surface area contributed by atoms with Crippen molar-refractivity contribution >= 4 is 11.8 Å². The van der Waals surface area contributed by atoms with Crippen LogP contribution in [0.15, 0.2) is 30.3 Å². The lowest BCUT2D eigenvalue weighted by Crippen LogP contribution is -2.40. The molecule has 0 saturated heterocycles. The van der Waals surface area contributed by atoms with Crippen LogP contribution >= 0.6 is 0 Å². The van der Waals surface area contributed by atoms with E-state index in [-0.39, 0.29) is 0 Å². The number of likely N-dealkylation sites (N-methyl/N-ethyl adjacent to an activating group) is 1. The molecule has 0 atom stereocenters. The van der Waals surface area contributed by atoms with E-state index in [0.717, 1.165) is 12.8 Å². The Balaban J connectivity index is 2.16. The van der Waals surface area contributed by atoms with Gasteiger partial charge in [0.25, 0.3) is 0 Å². The molecule has 0 spiro atoms. The summed E-state index contributed by atoms with van der Waals surface area (Å²) >= 11 is 0. The molecular weight excluding hydrogens is 216 g/mol. The molecule has 1 rings (SSSR count). The van der Waals surface area contributed by atoms with Crippen LogP contribution in [0.3, 0.4) is 0 Å². The second-order valence-electron chi connectivity index (χ2n) is 3.70. The fraction of sp³-hybridized carbons (Fsp3) is 0.385. The SMILES string of the molecule is CCNC(=O)C(=O)NCCCc1ccccc1. The summed E-state index contributed by atoms with van der Waals surface area (Å²) in [5.41, 5.74) is 1.24. The van der Waals surface area contributed by atoms with Gasteiger partial charge >= 0.3 is 11.8 Å². The monoisotopic (exact) mass is 234 g/mol. The van der Waals surface area contributed by atoms with Crippen LogP contribution in [0.1, 0.15) is 18.9 Å². The van der Waals surface area contributed by atoms with E-state index in [4.69, 9.17) is 0 Å². The van der Waals surface area contributed by atoms with Gasteiger partial charge in [-0.25, -0.2) is 0 Å². The molecule has 4 nitrogen and oxygen atoms in total. The van der Waals surface area contributed by atoms with Gasteiger partial charge in [-0.3, -0.25) is 9.59 Å². The Morgan fingerprint density at radius 1 is 1.06 bits per heavy atom. The van der Waals surface area contributed by atoms with Gasteiger partial charge in [0.1, 0.15) is 0 Å². The first kappa shape index (κ1) is 13.2. The molecule has 0 aliphatic heterocycles. The van der Waals surface area contributed by atoms with Gasteiger partial charge < -0.3 is 10.6 Å². The highest BCUT2D eigenvalue weighted by Gasteiger charge is 2.10. The molecule has 0 radical (unpaired) electrons. The lowest BCUT2D eigenvalue weighted by Gasteiger charge is -2.05. The molecule has 0 aliphatic rings. The summed E-state index contributed by atoms with van der Waals surface area (Å²) in [5.74, 6) is -1.12. The summed E-state index contributed by atoms with van der Waals surface area (Å²) in [4.78, 5) is 22.3. The molecule has 0 unspecified atom stereocenters. The predicted octanol–water partition coefficient (Wildman–Crippen LogP) is 0.871. The van der Waals surface area contributed by atoms with Crippen LogP contribution < -0.4 is 10.6 Å². The molecule has 0 aliphatic carbocycles. The summed E-state index contributed by atoms with van der Waals surface area (Å²) in [6, 6.07) is 10.0. The zero-order valence-corrected chi connectivity index (χ0v) is 10.0. The standard InChI is InChI=1S/C13H18N2O2/c1-2-14-12(16)13(17)15-10-6-9-11-7-4-3-5-8-11/h3-5,7-8H,2,6,9-10H2,1H3,(H,14,16)(H,15,17).